The summed E-state index contributed by atoms with van der Waals surface area (Å²) in [5.74, 6) is 0.776. The van der Waals surface area contributed by atoms with Crippen molar-refractivity contribution in [3.8, 4) is 5.75 Å². The van der Waals surface area contributed by atoms with E-state index >= 15 is 0 Å². The molecule has 0 radical (unpaired) electrons. The third-order valence-corrected chi connectivity index (χ3v) is 3.48. The van der Waals surface area contributed by atoms with Gasteiger partial charge >= 0.3 is 0 Å². The van der Waals surface area contributed by atoms with Crippen LogP contribution in [0.2, 0.25) is 0 Å². The summed E-state index contributed by atoms with van der Waals surface area (Å²) in [6, 6.07) is 11.0. The predicted molar refractivity (Wildman–Crippen MR) is 79.2 cm³/mol. The van der Waals surface area contributed by atoms with Gasteiger partial charge in [-0.15, -0.1) is 0 Å². The van der Waals surface area contributed by atoms with E-state index in [0.29, 0.717) is 17.9 Å². The van der Waals surface area contributed by atoms with Crippen molar-refractivity contribution in [3.63, 3.8) is 0 Å². The minimum Gasteiger partial charge on any atom is -0.493 e. The highest BCUT2D eigenvalue weighted by molar-refractivity contribution is 6.04. The van der Waals surface area contributed by atoms with Crippen LogP contribution in [0.1, 0.15) is 21.5 Å². The zero-order chi connectivity index (χ0) is 14.1. The SMILES string of the molecule is Cc1cc(C(=O)Nc2ccc3c(c2)CCO3)ccc1N. The van der Waals surface area contributed by atoms with Gasteiger partial charge in [0.25, 0.3) is 5.91 Å². The van der Waals surface area contributed by atoms with Gasteiger partial charge in [0, 0.05) is 23.4 Å². The summed E-state index contributed by atoms with van der Waals surface area (Å²) in [6.07, 6.45) is 0.889. The molecule has 0 saturated heterocycles. The van der Waals surface area contributed by atoms with Gasteiger partial charge in [-0.3, -0.25) is 4.79 Å². The topological polar surface area (TPSA) is 64.3 Å². The van der Waals surface area contributed by atoms with Gasteiger partial charge in [0.1, 0.15) is 5.75 Å². The van der Waals surface area contributed by atoms with Gasteiger partial charge in [0.15, 0.2) is 0 Å². The van der Waals surface area contributed by atoms with Crippen molar-refractivity contribution in [3.05, 3.63) is 53.1 Å². The molecular weight excluding hydrogens is 252 g/mol. The number of nitrogens with one attached hydrogen (secondary N) is 1. The van der Waals surface area contributed by atoms with Crippen LogP contribution < -0.4 is 15.8 Å². The van der Waals surface area contributed by atoms with Crippen LogP contribution in [0, 0.1) is 6.92 Å². The fourth-order valence-electron chi connectivity index (χ4n) is 2.28. The Morgan fingerprint density at radius 2 is 2.10 bits per heavy atom. The van der Waals surface area contributed by atoms with Crippen molar-refractivity contribution in [2.24, 2.45) is 0 Å². The number of carbonyl (C=O) groups is 1. The van der Waals surface area contributed by atoms with Gasteiger partial charge in [-0.05, 0) is 54.4 Å². The lowest BCUT2D eigenvalue weighted by Crippen LogP contribution is -2.12. The zero-order valence-electron chi connectivity index (χ0n) is 11.3. The van der Waals surface area contributed by atoms with Crippen molar-refractivity contribution < 1.29 is 9.53 Å². The molecule has 1 aliphatic rings. The molecule has 0 bridgehead atoms. The van der Waals surface area contributed by atoms with Gasteiger partial charge < -0.3 is 15.8 Å². The molecule has 3 rings (SSSR count). The number of rotatable bonds is 2. The first-order chi connectivity index (χ1) is 9.63. The number of nitrogens with two attached hydrogens (primary N) is 1. The number of carbonyl (C=O) groups excluding carboxylic acids is 1. The first kappa shape index (κ1) is 12.5. The van der Waals surface area contributed by atoms with Gasteiger partial charge in [-0.1, -0.05) is 0 Å². The van der Waals surface area contributed by atoms with Crippen molar-refractivity contribution in [1.82, 2.24) is 0 Å². The predicted octanol–water partition coefficient (Wildman–Crippen LogP) is 2.76. The number of hydrogen-bond acceptors (Lipinski definition) is 3. The largest absolute Gasteiger partial charge is 0.493 e. The second-order valence-corrected chi connectivity index (χ2v) is 4.95. The number of nitrogen functional groups attached to an aromatic ring is 1. The molecular formula is C16H16N2O2. The van der Waals surface area contributed by atoms with Crippen LogP contribution in [0.15, 0.2) is 36.4 Å². The molecule has 0 aromatic heterocycles. The number of amides is 1. The van der Waals surface area contributed by atoms with E-state index in [2.05, 4.69) is 5.32 Å². The van der Waals surface area contributed by atoms with Crippen LogP contribution in [0.4, 0.5) is 11.4 Å². The Bertz CT molecular complexity index is 680. The number of anilines is 2. The highest BCUT2D eigenvalue weighted by Gasteiger charge is 2.13. The molecule has 102 valence electrons. The molecule has 2 aromatic rings. The number of aryl methyl sites for hydroxylation is 1. The highest BCUT2D eigenvalue weighted by Crippen LogP contribution is 2.28. The van der Waals surface area contributed by atoms with Crippen LogP contribution in [-0.4, -0.2) is 12.5 Å². The Morgan fingerprint density at radius 1 is 1.25 bits per heavy atom. The third kappa shape index (κ3) is 2.32. The average molecular weight is 268 g/mol. The summed E-state index contributed by atoms with van der Waals surface area (Å²) in [7, 11) is 0. The van der Waals surface area contributed by atoms with Crippen molar-refractivity contribution in [2.45, 2.75) is 13.3 Å². The summed E-state index contributed by atoms with van der Waals surface area (Å²) < 4.78 is 5.45. The third-order valence-electron chi connectivity index (χ3n) is 3.48. The van der Waals surface area contributed by atoms with Crippen molar-refractivity contribution in [2.75, 3.05) is 17.7 Å². The Balaban J connectivity index is 1.80. The Labute approximate surface area is 117 Å². The molecule has 0 saturated carbocycles. The van der Waals surface area contributed by atoms with Gasteiger partial charge in [-0.25, -0.2) is 0 Å². The number of hydrogen-bond donors (Lipinski definition) is 2. The second kappa shape index (κ2) is 4.89. The Hall–Kier alpha value is -2.49. The Morgan fingerprint density at radius 3 is 2.90 bits per heavy atom. The molecule has 2 aromatic carbocycles. The summed E-state index contributed by atoms with van der Waals surface area (Å²) in [6.45, 7) is 2.60. The van der Waals surface area contributed by atoms with E-state index in [-0.39, 0.29) is 5.91 Å². The van der Waals surface area contributed by atoms with Crippen LogP contribution in [0.5, 0.6) is 5.75 Å². The van der Waals surface area contributed by atoms with E-state index in [1.165, 1.54) is 0 Å². The standard InChI is InChI=1S/C16H16N2O2/c1-10-8-12(2-4-14(10)17)16(19)18-13-3-5-15-11(9-13)6-7-20-15/h2-5,8-9H,6-7,17H2,1H3,(H,18,19). The summed E-state index contributed by atoms with van der Waals surface area (Å²) in [4.78, 5) is 12.2. The fourth-order valence-corrected chi connectivity index (χ4v) is 2.28. The minimum absolute atomic E-state index is 0.132. The maximum absolute atomic E-state index is 12.2. The smallest absolute Gasteiger partial charge is 0.255 e. The van der Waals surface area contributed by atoms with E-state index in [9.17, 15) is 4.79 Å². The number of ether oxygens (including phenoxy) is 1. The maximum atomic E-state index is 12.2. The van der Waals surface area contributed by atoms with Crippen LogP contribution in [0.25, 0.3) is 0 Å². The molecule has 0 atom stereocenters. The molecule has 20 heavy (non-hydrogen) atoms. The summed E-state index contributed by atoms with van der Waals surface area (Å²) in [5.41, 5.74) is 9.88. The van der Waals surface area contributed by atoms with E-state index in [0.717, 1.165) is 29.0 Å². The van der Waals surface area contributed by atoms with Gasteiger partial charge in [0.2, 0.25) is 0 Å². The molecule has 0 aliphatic carbocycles. The van der Waals surface area contributed by atoms with Crippen LogP contribution in [-0.2, 0) is 6.42 Å². The lowest BCUT2D eigenvalue weighted by Gasteiger charge is -2.08. The average Bonchev–Trinajstić information content (AvgIpc) is 2.89. The number of benzene rings is 2. The zero-order valence-corrected chi connectivity index (χ0v) is 11.3. The first-order valence-electron chi connectivity index (χ1n) is 6.57. The van der Waals surface area contributed by atoms with Gasteiger partial charge in [0.05, 0.1) is 6.61 Å². The van der Waals surface area contributed by atoms with E-state index in [1.807, 2.05) is 25.1 Å². The monoisotopic (exact) mass is 268 g/mol. The molecule has 4 nitrogen and oxygen atoms in total. The lowest BCUT2D eigenvalue weighted by molar-refractivity contribution is 0.102. The summed E-state index contributed by atoms with van der Waals surface area (Å²) >= 11 is 0. The second-order valence-electron chi connectivity index (χ2n) is 4.95. The minimum atomic E-state index is -0.132. The molecule has 1 amide bonds. The van der Waals surface area contributed by atoms with Crippen molar-refractivity contribution in [1.29, 1.82) is 0 Å². The van der Waals surface area contributed by atoms with E-state index < -0.39 is 0 Å². The quantitative estimate of drug-likeness (QED) is 0.823. The van der Waals surface area contributed by atoms with E-state index in [4.69, 9.17) is 10.5 Å². The van der Waals surface area contributed by atoms with Crippen molar-refractivity contribution >= 4 is 17.3 Å². The lowest BCUT2D eigenvalue weighted by atomic mass is 10.1. The molecule has 1 heterocycles. The Kier molecular flexibility index (Phi) is 3.06. The molecule has 3 N–H and O–H groups in total. The fraction of sp³-hybridized carbons (Fsp3) is 0.188. The highest BCUT2D eigenvalue weighted by atomic mass is 16.5. The normalized spacial score (nSPS) is 12.7. The van der Waals surface area contributed by atoms with E-state index in [1.54, 1.807) is 18.2 Å². The number of fused-ring (bicyclic) bond motifs is 1. The van der Waals surface area contributed by atoms with Crippen LogP contribution >= 0.6 is 0 Å². The summed E-state index contributed by atoms with van der Waals surface area (Å²) in [5, 5.41) is 2.90. The first-order valence-corrected chi connectivity index (χ1v) is 6.57. The molecule has 1 aliphatic heterocycles. The maximum Gasteiger partial charge on any atom is 0.255 e. The molecule has 0 spiro atoms. The molecule has 0 unspecified atom stereocenters. The molecule has 4 heteroatoms. The van der Waals surface area contributed by atoms with Crippen LogP contribution in [0.3, 0.4) is 0 Å². The van der Waals surface area contributed by atoms with Gasteiger partial charge in [-0.2, -0.15) is 0 Å². The molecule has 0 fully saturated rings.